The Balaban J connectivity index is 2.43. The van der Waals surface area contributed by atoms with Gasteiger partial charge in [-0.15, -0.1) is 0 Å². The van der Waals surface area contributed by atoms with E-state index in [1.165, 1.54) is 56.1 Å². The number of unbranched alkanes of at least 4 members (excludes halogenated alkanes) is 7. The van der Waals surface area contributed by atoms with E-state index >= 15 is 0 Å². The van der Waals surface area contributed by atoms with Crippen LogP contribution in [0.2, 0.25) is 0 Å². The van der Waals surface area contributed by atoms with Gasteiger partial charge in [0, 0.05) is 5.56 Å². The van der Waals surface area contributed by atoms with Crippen molar-refractivity contribution in [2.45, 2.75) is 105 Å². The topological polar surface area (TPSA) is 40.5 Å². The van der Waals surface area contributed by atoms with Crippen molar-refractivity contribution >= 4 is 0 Å². The van der Waals surface area contributed by atoms with Crippen LogP contribution in [0.1, 0.15) is 103 Å². The molecule has 0 saturated heterocycles. The maximum Gasteiger partial charge on any atom is 0.123 e. The standard InChI is InChI=1S/C26H42O2/c1-5-6-7-8-9-10-11-12-16-23-19-25(27)24(26(28)20-23)18-17-22(4)15-13-14-21(2)3/h14,17,19-20,27-28H,5-13,15-16,18H2,1-4H3/b22-17+. The van der Waals surface area contributed by atoms with Crippen LogP contribution in [0.4, 0.5) is 0 Å². The molecule has 0 aromatic heterocycles. The number of hydrogen-bond acceptors (Lipinski definition) is 2. The molecule has 0 amide bonds. The summed E-state index contributed by atoms with van der Waals surface area (Å²) in [5.41, 5.74) is 4.31. The number of hydrogen-bond donors (Lipinski definition) is 2. The second-order valence-corrected chi connectivity index (χ2v) is 8.41. The minimum atomic E-state index is 0.225. The average Bonchev–Trinajstić information content (AvgIpc) is 2.63. The van der Waals surface area contributed by atoms with Crippen LogP contribution in [0.25, 0.3) is 0 Å². The van der Waals surface area contributed by atoms with Gasteiger partial charge in [-0.1, -0.05) is 75.2 Å². The zero-order chi connectivity index (χ0) is 20.8. The highest BCUT2D eigenvalue weighted by molar-refractivity contribution is 5.47. The minimum absolute atomic E-state index is 0.225. The monoisotopic (exact) mass is 386 g/mol. The number of allylic oxidation sites excluding steroid dienone is 4. The second kappa shape index (κ2) is 14.3. The summed E-state index contributed by atoms with van der Waals surface area (Å²) in [7, 11) is 0. The van der Waals surface area contributed by atoms with Gasteiger partial charge in [-0.05, 0) is 70.6 Å². The summed E-state index contributed by atoms with van der Waals surface area (Å²) in [6, 6.07) is 3.67. The third-order valence-corrected chi connectivity index (χ3v) is 5.33. The van der Waals surface area contributed by atoms with Gasteiger partial charge < -0.3 is 10.2 Å². The molecule has 0 spiro atoms. The molecule has 0 saturated carbocycles. The van der Waals surface area contributed by atoms with E-state index in [0.29, 0.717) is 12.0 Å². The number of benzene rings is 1. The molecular formula is C26H42O2. The van der Waals surface area contributed by atoms with Crippen molar-refractivity contribution in [1.29, 1.82) is 0 Å². The molecule has 0 radical (unpaired) electrons. The van der Waals surface area contributed by atoms with Crippen LogP contribution in [0, 0.1) is 0 Å². The van der Waals surface area contributed by atoms with E-state index in [1.807, 2.05) is 12.1 Å². The lowest BCUT2D eigenvalue weighted by atomic mass is 9.99. The zero-order valence-corrected chi connectivity index (χ0v) is 18.7. The molecule has 0 heterocycles. The van der Waals surface area contributed by atoms with Crippen molar-refractivity contribution in [3.63, 3.8) is 0 Å². The van der Waals surface area contributed by atoms with Crippen LogP contribution in [-0.2, 0) is 12.8 Å². The van der Waals surface area contributed by atoms with E-state index < -0.39 is 0 Å². The first-order valence-electron chi connectivity index (χ1n) is 11.3. The maximum atomic E-state index is 10.4. The lowest BCUT2D eigenvalue weighted by Crippen LogP contribution is -1.91. The molecular weight excluding hydrogens is 344 g/mol. The van der Waals surface area contributed by atoms with Gasteiger partial charge in [0.05, 0.1) is 0 Å². The van der Waals surface area contributed by atoms with Crippen molar-refractivity contribution in [2.75, 3.05) is 0 Å². The van der Waals surface area contributed by atoms with E-state index in [-0.39, 0.29) is 11.5 Å². The number of aromatic hydroxyl groups is 2. The van der Waals surface area contributed by atoms with E-state index in [9.17, 15) is 10.2 Å². The Kier molecular flexibility index (Phi) is 12.4. The van der Waals surface area contributed by atoms with E-state index in [1.54, 1.807) is 0 Å². The van der Waals surface area contributed by atoms with Gasteiger partial charge in [0.15, 0.2) is 0 Å². The second-order valence-electron chi connectivity index (χ2n) is 8.41. The van der Waals surface area contributed by atoms with Gasteiger partial charge in [-0.3, -0.25) is 0 Å². The van der Waals surface area contributed by atoms with Crippen LogP contribution in [-0.4, -0.2) is 10.2 Å². The first-order valence-corrected chi connectivity index (χ1v) is 11.3. The highest BCUT2D eigenvalue weighted by Crippen LogP contribution is 2.31. The smallest absolute Gasteiger partial charge is 0.123 e. The van der Waals surface area contributed by atoms with E-state index in [2.05, 4.69) is 39.8 Å². The van der Waals surface area contributed by atoms with Crippen LogP contribution in [0.15, 0.2) is 35.4 Å². The summed E-state index contributed by atoms with van der Waals surface area (Å²) < 4.78 is 0. The average molecular weight is 387 g/mol. The Labute approximate surface area is 173 Å². The Hall–Kier alpha value is -1.70. The maximum absolute atomic E-state index is 10.4. The first-order chi connectivity index (χ1) is 13.4. The van der Waals surface area contributed by atoms with Crippen LogP contribution < -0.4 is 0 Å². The van der Waals surface area contributed by atoms with Crippen LogP contribution >= 0.6 is 0 Å². The third kappa shape index (κ3) is 10.6. The van der Waals surface area contributed by atoms with Crippen molar-refractivity contribution in [3.8, 4) is 11.5 Å². The van der Waals surface area contributed by atoms with Gasteiger partial charge in [0.1, 0.15) is 11.5 Å². The Morgan fingerprint density at radius 2 is 1.39 bits per heavy atom. The minimum Gasteiger partial charge on any atom is -0.508 e. The molecule has 0 bridgehead atoms. The summed E-state index contributed by atoms with van der Waals surface area (Å²) in [5.74, 6) is 0.450. The molecule has 158 valence electrons. The SMILES string of the molecule is CCCCCCCCCCc1cc(O)c(C/C=C(\C)CCC=C(C)C)c(O)c1. The highest BCUT2D eigenvalue weighted by Gasteiger charge is 2.09. The molecule has 1 rings (SSSR count). The number of phenolic OH excluding ortho intramolecular Hbond substituents is 2. The molecule has 0 aliphatic rings. The van der Waals surface area contributed by atoms with Crippen molar-refractivity contribution in [3.05, 3.63) is 46.6 Å². The third-order valence-electron chi connectivity index (χ3n) is 5.33. The summed E-state index contributed by atoms with van der Waals surface area (Å²) in [4.78, 5) is 0. The molecule has 28 heavy (non-hydrogen) atoms. The Morgan fingerprint density at radius 3 is 1.96 bits per heavy atom. The van der Waals surface area contributed by atoms with Gasteiger partial charge in [0.25, 0.3) is 0 Å². The molecule has 0 aliphatic carbocycles. The molecule has 2 heteroatoms. The lowest BCUT2D eigenvalue weighted by Gasteiger charge is -2.10. The molecule has 0 atom stereocenters. The number of phenols is 2. The van der Waals surface area contributed by atoms with Crippen LogP contribution in [0.5, 0.6) is 11.5 Å². The van der Waals surface area contributed by atoms with Gasteiger partial charge in [0.2, 0.25) is 0 Å². The Morgan fingerprint density at radius 1 is 0.821 bits per heavy atom. The fourth-order valence-electron chi connectivity index (χ4n) is 3.48. The molecule has 1 aromatic carbocycles. The molecule has 2 N–H and O–H groups in total. The zero-order valence-electron chi connectivity index (χ0n) is 18.7. The highest BCUT2D eigenvalue weighted by atomic mass is 16.3. The largest absolute Gasteiger partial charge is 0.508 e. The summed E-state index contributed by atoms with van der Waals surface area (Å²) in [6.07, 6.45) is 18.3. The predicted molar refractivity (Wildman–Crippen MR) is 122 cm³/mol. The van der Waals surface area contributed by atoms with Crippen LogP contribution in [0.3, 0.4) is 0 Å². The fraction of sp³-hybridized carbons (Fsp3) is 0.615. The quantitative estimate of drug-likeness (QED) is 0.251. The van der Waals surface area contributed by atoms with Crippen molar-refractivity contribution in [1.82, 2.24) is 0 Å². The van der Waals surface area contributed by atoms with Crippen molar-refractivity contribution < 1.29 is 10.2 Å². The predicted octanol–water partition coefficient (Wildman–Crippen LogP) is 8.02. The molecule has 0 aliphatic heterocycles. The summed E-state index contributed by atoms with van der Waals surface area (Å²) in [6.45, 7) is 8.59. The molecule has 0 unspecified atom stereocenters. The van der Waals surface area contributed by atoms with Gasteiger partial charge in [-0.25, -0.2) is 0 Å². The number of rotatable bonds is 14. The fourth-order valence-corrected chi connectivity index (χ4v) is 3.48. The lowest BCUT2D eigenvalue weighted by molar-refractivity contribution is 0.439. The molecule has 1 aromatic rings. The molecule has 2 nitrogen and oxygen atoms in total. The first kappa shape index (κ1) is 24.3. The summed E-state index contributed by atoms with van der Waals surface area (Å²) >= 11 is 0. The normalized spacial score (nSPS) is 11.6. The van der Waals surface area contributed by atoms with Gasteiger partial charge >= 0.3 is 0 Å². The number of aryl methyl sites for hydroxylation is 1. The summed E-state index contributed by atoms with van der Waals surface area (Å²) in [5, 5.41) is 20.7. The van der Waals surface area contributed by atoms with Gasteiger partial charge in [-0.2, -0.15) is 0 Å². The van der Waals surface area contributed by atoms with E-state index in [4.69, 9.17) is 0 Å². The van der Waals surface area contributed by atoms with Crippen molar-refractivity contribution in [2.24, 2.45) is 0 Å². The Bertz CT molecular complexity index is 598. The van der Waals surface area contributed by atoms with E-state index in [0.717, 1.165) is 31.2 Å². The molecule has 0 fully saturated rings.